The lowest BCUT2D eigenvalue weighted by Crippen LogP contribution is -2.14. The van der Waals surface area contributed by atoms with E-state index in [1.54, 1.807) is 48.8 Å². The van der Waals surface area contributed by atoms with Gasteiger partial charge in [0, 0.05) is 39.4 Å². The van der Waals surface area contributed by atoms with E-state index in [0.29, 0.717) is 26.7 Å². The first-order chi connectivity index (χ1) is 14.6. The van der Waals surface area contributed by atoms with E-state index in [-0.39, 0.29) is 11.7 Å². The molecule has 0 saturated heterocycles. The number of rotatable bonds is 6. The number of thioether (sulfide) groups is 1. The van der Waals surface area contributed by atoms with Gasteiger partial charge in [-0.05, 0) is 60.7 Å². The number of carbonyl (C=O) groups is 1. The Morgan fingerprint density at radius 3 is 2.20 bits per heavy atom. The summed E-state index contributed by atoms with van der Waals surface area (Å²) in [5.41, 5.74) is 2.39. The fraction of sp³-hybridized carbons (Fsp3) is 0.0476. The highest BCUT2D eigenvalue weighted by Gasteiger charge is 2.17. The van der Waals surface area contributed by atoms with E-state index in [2.05, 4.69) is 20.5 Å². The molecule has 0 saturated carbocycles. The van der Waals surface area contributed by atoms with Crippen LogP contribution in [-0.2, 0) is 4.79 Å². The summed E-state index contributed by atoms with van der Waals surface area (Å²) >= 11 is 13.2. The number of halogens is 2. The highest BCUT2D eigenvalue weighted by Crippen LogP contribution is 2.28. The van der Waals surface area contributed by atoms with Gasteiger partial charge in [0.05, 0.1) is 5.75 Å². The molecule has 0 aliphatic rings. The Labute approximate surface area is 187 Å². The Bertz CT molecular complexity index is 1150. The maximum Gasteiger partial charge on any atom is 0.234 e. The summed E-state index contributed by atoms with van der Waals surface area (Å²) in [4.78, 5) is 16.4. The highest BCUT2D eigenvalue weighted by atomic mass is 35.5. The average Bonchev–Trinajstić information content (AvgIpc) is 3.19. The number of amides is 1. The lowest BCUT2D eigenvalue weighted by molar-refractivity contribution is -0.113. The maximum atomic E-state index is 12.4. The van der Waals surface area contributed by atoms with Crippen LogP contribution in [0.25, 0.3) is 17.1 Å². The molecule has 0 aliphatic heterocycles. The van der Waals surface area contributed by atoms with Crippen molar-refractivity contribution in [1.82, 2.24) is 19.7 Å². The molecule has 2 aromatic heterocycles. The molecule has 4 rings (SSSR count). The van der Waals surface area contributed by atoms with E-state index in [4.69, 9.17) is 23.2 Å². The minimum Gasteiger partial charge on any atom is -0.325 e. The lowest BCUT2D eigenvalue weighted by atomic mass is 10.2. The van der Waals surface area contributed by atoms with Gasteiger partial charge in [-0.15, -0.1) is 10.2 Å². The average molecular weight is 456 g/mol. The molecule has 9 heteroatoms. The number of nitrogens with zero attached hydrogens (tertiary/aromatic N) is 4. The van der Waals surface area contributed by atoms with Crippen LogP contribution in [0.2, 0.25) is 10.0 Å². The SMILES string of the molecule is O=C(CSc1nnc(-c2ccncc2)n1-c1ccc(Cl)cc1)Nc1ccc(Cl)cc1. The number of carbonyl (C=O) groups excluding carboxylic acids is 1. The van der Waals surface area contributed by atoms with Gasteiger partial charge < -0.3 is 5.32 Å². The minimum absolute atomic E-state index is 0.154. The van der Waals surface area contributed by atoms with Gasteiger partial charge in [0.2, 0.25) is 5.91 Å². The Morgan fingerprint density at radius 2 is 1.53 bits per heavy atom. The molecule has 0 atom stereocenters. The van der Waals surface area contributed by atoms with Gasteiger partial charge in [0.25, 0.3) is 0 Å². The molecule has 0 aliphatic carbocycles. The van der Waals surface area contributed by atoms with Crippen LogP contribution in [0.3, 0.4) is 0 Å². The molecule has 30 heavy (non-hydrogen) atoms. The van der Waals surface area contributed by atoms with Gasteiger partial charge in [0.15, 0.2) is 11.0 Å². The van der Waals surface area contributed by atoms with Crippen LogP contribution in [0.15, 0.2) is 78.2 Å². The van der Waals surface area contributed by atoms with Crippen LogP contribution in [0.1, 0.15) is 0 Å². The molecule has 2 aromatic carbocycles. The Hall–Kier alpha value is -2.87. The van der Waals surface area contributed by atoms with Crippen LogP contribution in [0.5, 0.6) is 0 Å². The number of nitrogens with one attached hydrogen (secondary N) is 1. The van der Waals surface area contributed by atoms with Gasteiger partial charge in [-0.2, -0.15) is 0 Å². The van der Waals surface area contributed by atoms with Crippen molar-refractivity contribution < 1.29 is 4.79 Å². The summed E-state index contributed by atoms with van der Waals surface area (Å²) in [6.45, 7) is 0. The molecule has 2 heterocycles. The lowest BCUT2D eigenvalue weighted by Gasteiger charge is -2.10. The van der Waals surface area contributed by atoms with E-state index in [1.807, 2.05) is 28.8 Å². The molecule has 0 fully saturated rings. The second-order valence-corrected chi connectivity index (χ2v) is 8.01. The normalized spacial score (nSPS) is 10.7. The predicted molar refractivity (Wildman–Crippen MR) is 120 cm³/mol. The van der Waals surface area contributed by atoms with Crippen molar-refractivity contribution in [3.8, 4) is 17.1 Å². The van der Waals surface area contributed by atoms with Gasteiger partial charge in [-0.1, -0.05) is 35.0 Å². The maximum absolute atomic E-state index is 12.4. The number of aromatic nitrogens is 4. The zero-order valence-corrected chi connectivity index (χ0v) is 17.8. The molecule has 1 N–H and O–H groups in total. The zero-order chi connectivity index (χ0) is 20.9. The largest absolute Gasteiger partial charge is 0.325 e. The third-order valence-corrected chi connectivity index (χ3v) is 5.55. The van der Waals surface area contributed by atoms with Crippen LogP contribution < -0.4 is 5.32 Å². The van der Waals surface area contributed by atoms with E-state index >= 15 is 0 Å². The van der Waals surface area contributed by atoms with E-state index in [1.165, 1.54) is 11.8 Å². The summed E-state index contributed by atoms with van der Waals surface area (Å²) in [5, 5.41) is 13.3. The van der Waals surface area contributed by atoms with Crippen molar-refractivity contribution in [2.45, 2.75) is 5.16 Å². The van der Waals surface area contributed by atoms with Gasteiger partial charge in [0.1, 0.15) is 0 Å². The van der Waals surface area contributed by atoms with Crippen molar-refractivity contribution >= 4 is 46.6 Å². The molecule has 6 nitrogen and oxygen atoms in total. The summed E-state index contributed by atoms with van der Waals surface area (Å²) in [5.74, 6) is 0.670. The summed E-state index contributed by atoms with van der Waals surface area (Å²) in [6.07, 6.45) is 3.39. The topological polar surface area (TPSA) is 72.7 Å². The summed E-state index contributed by atoms with van der Waals surface area (Å²) < 4.78 is 1.89. The van der Waals surface area contributed by atoms with Crippen molar-refractivity contribution in [1.29, 1.82) is 0 Å². The minimum atomic E-state index is -0.154. The fourth-order valence-corrected chi connectivity index (χ4v) is 3.74. The molecule has 1 amide bonds. The predicted octanol–water partition coefficient (Wildman–Crippen LogP) is 5.37. The Morgan fingerprint density at radius 1 is 0.900 bits per heavy atom. The number of hydrogen-bond donors (Lipinski definition) is 1. The fourth-order valence-electron chi connectivity index (χ4n) is 2.73. The van der Waals surface area contributed by atoms with E-state index in [9.17, 15) is 4.79 Å². The second-order valence-electron chi connectivity index (χ2n) is 6.20. The number of anilines is 1. The number of hydrogen-bond acceptors (Lipinski definition) is 5. The molecular formula is C21H15Cl2N5OS. The summed E-state index contributed by atoms with van der Waals surface area (Å²) in [6, 6.07) is 18.0. The quantitative estimate of drug-likeness (QED) is 0.395. The first-order valence-corrected chi connectivity index (χ1v) is 10.6. The van der Waals surface area contributed by atoms with E-state index in [0.717, 1.165) is 11.3 Å². The number of benzene rings is 2. The van der Waals surface area contributed by atoms with Crippen LogP contribution in [-0.4, -0.2) is 31.4 Å². The van der Waals surface area contributed by atoms with Crippen LogP contribution in [0, 0.1) is 0 Å². The standard InChI is InChI=1S/C21H15Cl2N5OS/c22-15-1-5-17(6-2-15)25-19(29)13-30-21-27-26-20(14-9-11-24-12-10-14)28(21)18-7-3-16(23)4-8-18/h1-12H,13H2,(H,25,29). The molecule has 150 valence electrons. The highest BCUT2D eigenvalue weighted by molar-refractivity contribution is 7.99. The van der Waals surface area contributed by atoms with Gasteiger partial charge in [-0.25, -0.2) is 0 Å². The molecule has 0 radical (unpaired) electrons. The van der Waals surface area contributed by atoms with Crippen molar-refractivity contribution in [2.75, 3.05) is 11.1 Å². The van der Waals surface area contributed by atoms with Crippen molar-refractivity contribution in [3.63, 3.8) is 0 Å². The third-order valence-electron chi connectivity index (χ3n) is 4.12. The molecular weight excluding hydrogens is 441 g/mol. The van der Waals surface area contributed by atoms with Crippen molar-refractivity contribution in [3.05, 3.63) is 83.1 Å². The van der Waals surface area contributed by atoms with Crippen LogP contribution >= 0.6 is 35.0 Å². The van der Waals surface area contributed by atoms with E-state index < -0.39 is 0 Å². The van der Waals surface area contributed by atoms with Crippen LogP contribution in [0.4, 0.5) is 5.69 Å². The van der Waals surface area contributed by atoms with Gasteiger partial charge in [-0.3, -0.25) is 14.3 Å². The Kier molecular flexibility index (Phi) is 6.32. The molecule has 0 bridgehead atoms. The molecule has 0 unspecified atom stereocenters. The first kappa shape index (κ1) is 20.4. The first-order valence-electron chi connectivity index (χ1n) is 8.90. The van der Waals surface area contributed by atoms with Crippen molar-refractivity contribution in [2.24, 2.45) is 0 Å². The Balaban J connectivity index is 1.58. The summed E-state index contributed by atoms with van der Waals surface area (Å²) in [7, 11) is 0. The second kappa shape index (κ2) is 9.30. The monoisotopic (exact) mass is 455 g/mol. The zero-order valence-electron chi connectivity index (χ0n) is 15.5. The number of pyridine rings is 1. The molecule has 4 aromatic rings. The van der Waals surface area contributed by atoms with Gasteiger partial charge >= 0.3 is 0 Å². The third kappa shape index (κ3) is 4.81. The smallest absolute Gasteiger partial charge is 0.234 e. The molecule has 0 spiro atoms.